The van der Waals surface area contributed by atoms with Crippen LogP contribution in [0.5, 0.6) is 0 Å². The SMILES string of the molecule is Cl.NC(CO)Cc1cccs1. The molecular weight excluding hydrogens is 182 g/mol. The highest BCUT2D eigenvalue weighted by atomic mass is 35.5. The standard InChI is InChI=1S/C7H11NOS.ClH/c8-6(5-9)4-7-2-1-3-10-7;/h1-3,6,9H,4-5,8H2;1H. The molecule has 0 aromatic carbocycles. The van der Waals surface area contributed by atoms with E-state index in [1.54, 1.807) is 11.3 Å². The van der Waals surface area contributed by atoms with Gasteiger partial charge in [0.1, 0.15) is 0 Å². The van der Waals surface area contributed by atoms with Gasteiger partial charge in [-0.15, -0.1) is 23.7 Å². The van der Waals surface area contributed by atoms with Crippen LogP contribution in [0.2, 0.25) is 0 Å². The van der Waals surface area contributed by atoms with Crippen LogP contribution >= 0.6 is 23.7 Å². The smallest absolute Gasteiger partial charge is 0.0586 e. The molecule has 1 heterocycles. The van der Waals surface area contributed by atoms with Crippen molar-refractivity contribution in [2.24, 2.45) is 5.73 Å². The van der Waals surface area contributed by atoms with Gasteiger partial charge in [0.25, 0.3) is 0 Å². The zero-order valence-corrected chi connectivity index (χ0v) is 7.70. The molecule has 64 valence electrons. The normalized spacial score (nSPS) is 12.2. The molecule has 4 heteroatoms. The maximum Gasteiger partial charge on any atom is 0.0586 e. The summed E-state index contributed by atoms with van der Waals surface area (Å²) in [6, 6.07) is 3.92. The Hall–Kier alpha value is -0.0900. The lowest BCUT2D eigenvalue weighted by Crippen LogP contribution is -2.26. The summed E-state index contributed by atoms with van der Waals surface area (Å²) in [5, 5.41) is 10.6. The van der Waals surface area contributed by atoms with Crippen LogP contribution < -0.4 is 5.73 Å². The van der Waals surface area contributed by atoms with E-state index in [-0.39, 0.29) is 25.1 Å². The van der Waals surface area contributed by atoms with Crippen LogP contribution in [-0.4, -0.2) is 17.8 Å². The third kappa shape index (κ3) is 3.72. The molecule has 0 amide bonds. The Balaban J connectivity index is 0.000001000. The minimum Gasteiger partial charge on any atom is -0.395 e. The predicted octanol–water partition coefficient (Wildman–Crippen LogP) is 1.03. The number of hydrogen-bond donors (Lipinski definition) is 2. The number of rotatable bonds is 3. The first-order chi connectivity index (χ1) is 4.83. The van der Waals surface area contributed by atoms with Gasteiger partial charge < -0.3 is 10.8 Å². The lowest BCUT2D eigenvalue weighted by Gasteiger charge is -2.03. The monoisotopic (exact) mass is 193 g/mol. The third-order valence-electron chi connectivity index (χ3n) is 1.28. The molecule has 1 aromatic rings. The van der Waals surface area contributed by atoms with Gasteiger partial charge in [0.15, 0.2) is 0 Å². The number of hydrogen-bond acceptors (Lipinski definition) is 3. The Morgan fingerprint density at radius 3 is 2.82 bits per heavy atom. The fourth-order valence-electron chi connectivity index (χ4n) is 0.752. The first kappa shape index (κ1) is 10.9. The molecule has 0 aliphatic carbocycles. The van der Waals surface area contributed by atoms with Gasteiger partial charge in [0.2, 0.25) is 0 Å². The van der Waals surface area contributed by atoms with Gasteiger partial charge in [0, 0.05) is 10.9 Å². The van der Waals surface area contributed by atoms with Crippen LogP contribution in [0.3, 0.4) is 0 Å². The fraction of sp³-hybridized carbons (Fsp3) is 0.429. The zero-order chi connectivity index (χ0) is 7.40. The molecule has 0 aliphatic rings. The Labute approximate surface area is 76.5 Å². The summed E-state index contributed by atoms with van der Waals surface area (Å²) in [5.41, 5.74) is 5.52. The Kier molecular flexibility index (Phi) is 5.50. The molecule has 2 nitrogen and oxygen atoms in total. The molecule has 3 N–H and O–H groups in total. The second-order valence-electron chi connectivity index (χ2n) is 2.23. The molecule has 11 heavy (non-hydrogen) atoms. The fourth-order valence-corrected chi connectivity index (χ4v) is 1.55. The number of thiophene rings is 1. The van der Waals surface area contributed by atoms with Crippen LogP contribution in [0.15, 0.2) is 17.5 Å². The molecule has 0 saturated heterocycles. The van der Waals surface area contributed by atoms with Gasteiger partial charge >= 0.3 is 0 Å². The van der Waals surface area contributed by atoms with Crippen molar-refractivity contribution in [2.45, 2.75) is 12.5 Å². The lowest BCUT2D eigenvalue weighted by molar-refractivity contribution is 0.266. The van der Waals surface area contributed by atoms with Crippen molar-refractivity contribution >= 4 is 23.7 Å². The average molecular weight is 194 g/mol. The molecule has 0 fully saturated rings. The highest BCUT2D eigenvalue weighted by Gasteiger charge is 2.01. The molecule has 0 bridgehead atoms. The number of aliphatic hydroxyl groups excluding tert-OH is 1. The Morgan fingerprint density at radius 1 is 1.64 bits per heavy atom. The summed E-state index contributed by atoms with van der Waals surface area (Å²) in [5.74, 6) is 0. The summed E-state index contributed by atoms with van der Waals surface area (Å²) >= 11 is 1.68. The molecule has 0 radical (unpaired) electrons. The number of aliphatic hydroxyl groups is 1. The predicted molar refractivity (Wildman–Crippen MR) is 50.3 cm³/mol. The van der Waals surface area contributed by atoms with Gasteiger partial charge in [0.05, 0.1) is 6.61 Å². The van der Waals surface area contributed by atoms with E-state index in [1.165, 1.54) is 4.88 Å². The minimum absolute atomic E-state index is 0. The van der Waals surface area contributed by atoms with Crippen molar-refractivity contribution in [1.82, 2.24) is 0 Å². The van der Waals surface area contributed by atoms with Crippen LogP contribution in [0, 0.1) is 0 Å². The molecule has 1 atom stereocenters. The van der Waals surface area contributed by atoms with E-state index in [0.29, 0.717) is 0 Å². The number of halogens is 1. The van der Waals surface area contributed by atoms with E-state index >= 15 is 0 Å². The van der Waals surface area contributed by atoms with E-state index in [2.05, 4.69) is 0 Å². The van der Waals surface area contributed by atoms with Crippen molar-refractivity contribution in [1.29, 1.82) is 0 Å². The van der Waals surface area contributed by atoms with Crippen LogP contribution in [-0.2, 0) is 6.42 Å². The van der Waals surface area contributed by atoms with E-state index in [9.17, 15) is 0 Å². The van der Waals surface area contributed by atoms with Crippen molar-refractivity contribution < 1.29 is 5.11 Å². The molecular formula is C7H12ClNOS. The van der Waals surface area contributed by atoms with Crippen molar-refractivity contribution in [3.63, 3.8) is 0 Å². The summed E-state index contributed by atoms with van der Waals surface area (Å²) in [4.78, 5) is 1.24. The molecule has 1 rings (SSSR count). The summed E-state index contributed by atoms with van der Waals surface area (Å²) in [6.07, 6.45) is 0.786. The second-order valence-corrected chi connectivity index (χ2v) is 3.26. The largest absolute Gasteiger partial charge is 0.395 e. The van der Waals surface area contributed by atoms with Gasteiger partial charge in [-0.1, -0.05) is 6.07 Å². The van der Waals surface area contributed by atoms with E-state index in [0.717, 1.165) is 6.42 Å². The van der Waals surface area contributed by atoms with Crippen molar-refractivity contribution in [3.8, 4) is 0 Å². The van der Waals surface area contributed by atoms with Gasteiger partial charge in [-0.2, -0.15) is 0 Å². The van der Waals surface area contributed by atoms with Gasteiger partial charge in [-0.3, -0.25) is 0 Å². The highest BCUT2D eigenvalue weighted by molar-refractivity contribution is 7.09. The van der Waals surface area contributed by atoms with Gasteiger partial charge in [-0.05, 0) is 17.9 Å². The van der Waals surface area contributed by atoms with Crippen molar-refractivity contribution in [3.05, 3.63) is 22.4 Å². The summed E-state index contributed by atoms with van der Waals surface area (Å²) in [6.45, 7) is 0.0674. The Morgan fingerprint density at radius 2 is 2.36 bits per heavy atom. The van der Waals surface area contributed by atoms with E-state index in [4.69, 9.17) is 10.8 Å². The summed E-state index contributed by atoms with van der Waals surface area (Å²) < 4.78 is 0. The lowest BCUT2D eigenvalue weighted by atomic mass is 10.2. The topological polar surface area (TPSA) is 46.2 Å². The first-order valence-corrected chi connectivity index (χ1v) is 4.09. The quantitative estimate of drug-likeness (QED) is 0.754. The first-order valence-electron chi connectivity index (χ1n) is 3.21. The van der Waals surface area contributed by atoms with Crippen molar-refractivity contribution in [2.75, 3.05) is 6.61 Å². The maximum atomic E-state index is 8.61. The Bertz CT molecular complexity index is 179. The third-order valence-corrected chi connectivity index (χ3v) is 2.18. The molecule has 0 spiro atoms. The van der Waals surface area contributed by atoms with E-state index < -0.39 is 0 Å². The van der Waals surface area contributed by atoms with Gasteiger partial charge in [-0.25, -0.2) is 0 Å². The highest BCUT2D eigenvalue weighted by Crippen LogP contribution is 2.09. The average Bonchev–Trinajstić information content (AvgIpc) is 2.40. The minimum atomic E-state index is -0.0985. The summed E-state index contributed by atoms with van der Waals surface area (Å²) in [7, 11) is 0. The second kappa shape index (κ2) is 5.55. The van der Waals surface area contributed by atoms with Crippen LogP contribution in [0.4, 0.5) is 0 Å². The van der Waals surface area contributed by atoms with E-state index in [1.807, 2.05) is 17.5 Å². The number of nitrogens with two attached hydrogens (primary N) is 1. The maximum absolute atomic E-state index is 8.61. The molecule has 0 aliphatic heterocycles. The molecule has 1 aromatic heterocycles. The van der Waals surface area contributed by atoms with Crippen LogP contribution in [0.25, 0.3) is 0 Å². The molecule has 0 saturated carbocycles. The molecule has 1 unspecified atom stereocenters. The zero-order valence-electron chi connectivity index (χ0n) is 6.06. The van der Waals surface area contributed by atoms with Crippen LogP contribution in [0.1, 0.15) is 4.88 Å².